The summed E-state index contributed by atoms with van der Waals surface area (Å²) >= 11 is 0. The van der Waals surface area contributed by atoms with E-state index < -0.39 is 12.0 Å². The van der Waals surface area contributed by atoms with Crippen LogP contribution in [0.3, 0.4) is 0 Å². The number of nitrogens with zero attached hydrogens (tertiary/aromatic N) is 1. The molecule has 5 heteroatoms. The molecule has 22 heavy (non-hydrogen) atoms. The summed E-state index contributed by atoms with van der Waals surface area (Å²) in [6.07, 6.45) is 0. The molecule has 0 aliphatic heterocycles. The van der Waals surface area contributed by atoms with Crippen LogP contribution in [0.5, 0.6) is 0 Å². The molecule has 2 aromatic rings. The number of aryl methyl sites for hydroxylation is 2. The average molecular weight is 300 g/mol. The van der Waals surface area contributed by atoms with Crippen molar-refractivity contribution >= 4 is 11.9 Å². The minimum Gasteiger partial charge on any atom is -0.480 e. The van der Waals surface area contributed by atoms with Crippen LogP contribution in [0.2, 0.25) is 0 Å². The molecule has 0 fully saturated rings. The van der Waals surface area contributed by atoms with E-state index >= 15 is 0 Å². The maximum absolute atomic E-state index is 12.3. The minimum absolute atomic E-state index is 0.372. The van der Waals surface area contributed by atoms with E-state index in [1.807, 2.05) is 49.6 Å². The first-order valence-corrected chi connectivity index (χ1v) is 7.11. The van der Waals surface area contributed by atoms with E-state index in [-0.39, 0.29) is 5.91 Å². The van der Waals surface area contributed by atoms with Crippen molar-refractivity contribution in [1.82, 2.24) is 9.88 Å². The number of para-hydroxylation sites is 1. The van der Waals surface area contributed by atoms with Crippen LogP contribution in [-0.2, 0) is 4.79 Å². The van der Waals surface area contributed by atoms with Gasteiger partial charge in [0.1, 0.15) is 6.04 Å². The number of aromatic nitrogens is 1. The predicted molar refractivity (Wildman–Crippen MR) is 84.5 cm³/mol. The molecule has 1 amide bonds. The number of aliphatic carboxylic acids is 1. The zero-order valence-corrected chi connectivity index (χ0v) is 13.2. The molecule has 1 aromatic carbocycles. The summed E-state index contributed by atoms with van der Waals surface area (Å²) in [5.74, 6) is -1.43. The van der Waals surface area contributed by atoms with Gasteiger partial charge in [0, 0.05) is 17.1 Å². The number of nitrogens with one attached hydrogen (secondary N) is 1. The van der Waals surface area contributed by atoms with Crippen LogP contribution in [0, 0.1) is 20.8 Å². The van der Waals surface area contributed by atoms with Crippen molar-refractivity contribution in [2.75, 3.05) is 0 Å². The van der Waals surface area contributed by atoms with Crippen molar-refractivity contribution in [2.24, 2.45) is 0 Å². The van der Waals surface area contributed by atoms with Crippen LogP contribution < -0.4 is 5.32 Å². The van der Waals surface area contributed by atoms with E-state index in [0.29, 0.717) is 5.56 Å². The number of hydrogen-bond donors (Lipinski definition) is 2. The fourth-order valence-corrected chi connectivity index (χ4v) is 2.51. The maximum Gasteiger partial charge on any atom is 0.325 e. The highest BCUT2D eigenvalue weighted by molar-refractivity contribution is 5.98. The Labute approximate surface area is 129 Å². The van der Waals surface area contributed by atoms with Gasteiger partial charge in [-0.1, -0.05) is 18.2 Å². The fourth-order valence-electron chi connectivity index (χ4n) is 2.51. The summed E-state index contributed by atoms with van der Waals surface area (Å²) in [6, 6.07) is 8.79. The molecule has 1 aromatic heterocycles. The Morgan fingerprint density at radius 1 is 1.18 bits per heavy atom. The highest BCUT2D eigenvalue weighted by Crippen LogP contribution is 2.23. The molecule has 0 aliphatic rings. The van der Waals surface area contributed by atoms with Gasteiger partial charge >= 0.3 is 5.97 Å². The second kappa shape index (κ2) is 6.05. The fraction of sp³-hybridized carbons (Fsp3) is 0.294. The van der Waals surface area contributed by atoms with Gasteiger partial charge in [-0.3, -0.25) is 9.59 Å². The highest BCUT2D eigenvalue weighted by Gasteiger charge is 2.20. The summed E-state index contributed by atoms with van der Waals surface area (Å²) in [5, 5.41) is 11.4. The molecular weight excluding hydrogens is 280 g/mol. The van der Waals surface area contributed by atoms with Crippen molar-refractivity contribution in [3.8, 4) is 5.69 Å². The molecular formula is C17H20N2O3. The number of carbonyl (C=O) groups excluding carboxylic acids is 1. The van der Waals surface area contributed by atoms with Gasteiger partial charge in [-0.15, -0.1) is 0 Å². The van der Waals surface area contributed by atoms with Gasteiger partial charge in [0.2, 0.25) is 0 Å². The van der Waals surface area contributed by atoms with Crippen molar-refractivity contribution in [1.29, 1.82) is 0 Å². The van der Waals surface area contributed by atoms with Crippen molar-refractivity contribution in [3.05, 3.63) is 52.8 Å². The SMILES string of the molecule is Cc1ccccc1-n1c(C)cc(C(=O)N[C@H](C)C(=O)O)c1C. The second-order valence-electron chi connectivity index (χ2n) is 5.44. The molecule has 0 bridgehead atoms. The first-order chi connectivity index (χ1) is 10.3. The van der Waals surface area contributed by atoms with Crippen molar-refractivity contribution in [3.63, 3.8) is 0 Å². The zero-order valence-electron chi connectivity index (χ0n) is 13.2. The lowest BCUT2D eigenvalue weighted by Crippen LogP contribution is -2.38. The molecule has 0 unspecified atom stereocenters. The number of carbonyl (C=O) groups is 2. The standard InChI is InChI=1S/C17H20N2O3/c1-10-7-5-6-8-15(10)19-11(2)9-14(13(19)4)16(20)18-12(3)17(21)22/h5-9,12H,1-4H3,(H,18,20)(H,21,22)/t12-/m1/s1. The van der Waals surface area contributed by atoms with Crippen LogP contribution in [0.25, 0.3) is 5.69 Å². The number of carboxylic acids is 1. The molecule has 0 aliphatic carbocycles. The minimum atomic E-state index is -1.05. The number of carboxylic acid groups (broad SMARTS) is 1. The van der Waals surface area contributed by atoms with Crippen LogP contribution >= 0.6 is 0 Å². The van der Waals surface area contributed by atoms with Gasteiger partial charge in [0.15, 0.2) is 0 Å². The Bertz CT molecular complexity index is 732. The lowest BCUT2D eigenvalue weighted by atomic mass is 10.2. The monoisotopic (exact) mass is 300 g/mol. The van der Waals surface area contributed by atoms with Gasteiger partial charge in [0.05, 0.1) is 5.56 Å². The second-order valence-corrected chi connectivity index (χ2v) is 5.44. The van der Waals surface area contributed by atoms with Gasteiger partial charge in [-0.25, -0.2) is 0 Å². The quantitative estimate of drug-likeness (QED) is 0.911. The first kappa shape index (κ1) is 15.8. The molecule has 2 rings (SSSR count). The third kappa shape index (κ3) is 2.88. The summed E-state index contributed by atoms with van der Waals surface area (Å²) in [5.41, 5.74) is 4.34. The lowest BCUT2D eigenvalue weighted by molar-refractivity contribution is -0.138. The Hall–Kier alpha value is -2.56. The van der Waals surface area contributed by atoms with Crippen LogP contribution in [-0.4, -0.2) is 27.6 Å². The predicted octanol–water partition coefficient (Wildman–Crippen LogP) is 2.61. The Morgan fingerprint density at radius 2 is 1.82 bits per heavy atom. The summed E-state index contributed by atoms with van der Waals surface area (Å²) < 4.78 is 2.01. The number of rotatable bonds is 4. The largest absolute Gasteiger partial charge is 0.480 e. The molecule has 5 nitrogen and oxygen atoms in total. The molecule has 1 heterocycles. The first-order valence-electron chi connectivity index (χ1n) is 7.11. The van der Waals surface area contributed by atoms with Gasteiger partial charge < -0.3 is 15.0 Å². The smallest absolute Gasteiger partial charge is 0.325 e. The molecule has 1 atom stereocenters. The van der Waals surface area contributed by atoms with E-state index in [0.717, 1.165) is 22.6 Å². The van der Waals surface area contributed by atoms with E-state index in [2.05, 4.69) is 5.32 Å². The molecule has 0 radical (unpaired) electrons. The molecule has 0 spiro atoms. The van der Waals surface area contributed by atoms with Crippen LogP contribution in [0.4, 0.5) is 0 Å². The van der Waals surface area contributed by atoms with Crippen LogP contribution in [0.1, 0.15) is 34.2 Å². The Morgan fingerprint density at radius 3 is 2.41 bits per heavy atom. The summed E-state index contributed by atoms with van der Waals surface area (Å²) in [4.78, 5) is 23.1. The molecule has 0 saturated heterocycles. The third-order valence-corrected chi connectivity index (χ3v) is 3.75. The van der Waals surface area contributed by atoms with Gasteiger partial charge in [0.25, 0.3) is 5.91 Å². The van der Waals surface area contributed by atoms with Gasteiger partial charge in [-0.2, -0.15) is 0 Å². The Balaban J connectivity index is 2.42. The Kier molecular flexibility index (Phi) is 4.35. The number of amides is 1. The van der Waals surface area contributed by atoms with Crippen molar-refractivity contribution < 1.29 is 14.7 Å². The van der Waals surface area contributed by atoms with E-state index in [1.165, 1.54) is 6.92 Å². The number of benzene rings is 1. The van der Waals surface area contributed by atoms with E-state index in [4.69, 9.17) is 5.11 Å². The lowest BCUT2D eigenvalue weighted by Gasteiger charge is -2.13. The topological polar surface area (TPSA) is 71.3 Å². The summed E-state index contributed by atoms with van der Waals surface area (Å²) in [7, 11) is 0. The van der Waals surface area contributed by atoms with E-state index in [9.17, 15) is 9.59 Å². The molecule has 2 N–H and O–H groups in total. The third-order valence-electron chi connectivity index (χ3n) is 3.75. The number of hydrogen-bond acceptors (Lipinski definition) is 2. The van der Waals surface area contributed by atoms with Gasteiger partial charge in [-0.05, 0) is 45.4 Å². The van der Waals surface area contributed by atoms with E-state index in [1.54, 1.807) is 6.07 Å². The summed E-state index contributed by atoms with van der Waals surface area (Å²) in [6.45, 7) is 7.25. The van der Waals surface area contributed by atoms with Crippen molar-refractivity contribution in [2.45, 2.75) is 33.7 Å². The highest BCUT2D eigenvalue weighted by atomic mass is 16.4. The molecule has 0 saturated carbocycles. The van der Waals surface area contributed by atoms with Crippen LogP contribution in [0.15, 0.2) is 30.3 Å². The zero-order chi connectivity index (χ0) is 16.4. The average Bonchev–Trinajstić information content (AvgIpc) is 2.75. The normalized spacial score (nSPS) is 12.0. The molecule has 116 valence electrons. The maximum atomic E-state index is 12.3.